The van der Waals surface area contributed by atoms with Crippen LogP contribution in [0.3, 0.4) is 0 Å². The minimum atomic E-state index is -4.02. The Balaban J connectivity index is 1.45. The number of para-hydroxylation sites is 2. The second-order valence-corrected chi connectivity index (χ2v) is 19.7. The number of sulfonamides is 1. The van der Waals surface area contributed by atoms with Gasteiger partial charge in [0.1, 0.15) is 17.7 Å². The van der Waals surface area contributed by atoms with Crippen LogP contribution in [0.25, 0.3) is 11.0 Å². The first kappa shape index (κ1) is 42.0. The summed E-state index contributed by atoms with van der Waals surface area (Å²) in [6.07, 6.45) is 5.44. The van der Waals surface area contributed by atoms with E-state index < -0.39 is 67.3 Å². The van der Waals surface area contributed by atoms with Gasteiger partial charge in [0.15, 0.2) is 5.78 Å². The molecule has 2 aliphatic carbocycles. The van der Waals surface area contributed by atoms with Crippen molar-refractivity contribution in [1.29, 1.82) is 0 Å². The Labute approximate surface area is 325 Å². The van der Waals surface area contributed by atoms with Crippen LogP contribution in [0.15, 0.2) is 49.6 Å². The monoisotopic (exact) mass is 781 g/mol. The van der Waals surface area contributed by atoms with E-state index in [1.165, 1.54) is 4.90 Å². The van der Waals surface area contributed by atoms with Crippen LogP contribution < -0.4 is 14.8 Å². The number of fused-ring (bicyclic) bond motifs is 1. The molecule has 1 aromatic heterocycles. The fourth-order valence-electron chi connectivity index (χ4n) is 7.81. The summed E-state index contributed by atoms with van der Waals surface area (Å²) in [7, 11) is -4.02. The predicted molar refractivity (Wildman–Crippen MR) is 211 cm³/mol. The van der Waals surface area contributed by atoms with Gasteiger partial charge in [0.2, 0.25) is 21.8 Å². The Morgan fingerprint density at radius 2 is 1.76 bits per heavy atom. The molecule has 2 N–H and O–H groups in total. The minimum absolute atomic E-state index is 0.0164. The number of aryl methyl sites for hydroxylation is 1. The number of nitrogens with zero attached hydrogens (tertiary/aromatic N) is 3. The van der Waals surface area contributed by atoms with Gasteiger partial charge in [-0.25, -0.2) is 13.2 Å². The SMILES string of the molecule is C=CCCCn1c(O[C@@H]2C[C@@H](C(=O)C[C@]3(C(=O)NS(=O)(=O)C4(CC=C)CC4)C[C@H]3CC)N(C(=O)[C@@H](NC(=O)OC(C)(C)C)C(C)(C)C)C2)nc2ccccc21. The lowest BCUT2D eigenvalue weighted by atomic mass is 9.85. The number of carbonyl (C=O) groups excluding carboxylic acids is 4. The van der Waals surface area contributed by atoms with E-state index >= 15 is 0 Å². The molecule has 0 unspecified atom stereocenters. The van der Waals surface area contributed by atoms with Crippen LogP contribution in [0, 0.1) is 16.7 Å². The van der Waals surface area contributed by atoms with Gasteiger partial charge >= 0.3 is 6.09 Å². The van der Waals surface area contributed by atoms with Crippen LogP contribution in [0.4, 0.5) is 4.79 Å². The number of hydrogen-bond acceptors (Lipinski definition) is 9. The molecule has 5 rings (SSSR count). The highest BCUT2D eigenvalue weighted by atomic mass is 32.2. The molecule has 14 heteroatoms. The lowest BCUT2D eigenvalue weighted by Gasteiger charge is -2.36. The van der Waals surface area contributed by atoms with Crippen LogP contribution in [0.1, 0.15) is 106 Å². The Morgan fingerprint density at radius 1 is 1.07 bits per heavy atom. The average molecular weight is 782 g/mol. The van der Waals surface area contributed by atoms with Gasteiger partial charge in [-0.05, 0) is 82.8 Å². The van der Waals surface area contributed by atoms with Crippen molar-refractivity contribution < 1.29 is 37.1 Å². The van der Waals surface area contributed by atoms with E-state index in [9.17, 15) is 27.6 Å². The van der Waals surface area contributed by atoms with E-state index in [4.69, 9.17) is 14.5 Å². The summed E-state index contributed by atoms with van der Waals surface area (Å²) in [5, 5.41) is 2.75. The number of amides is 3. The zero-order valence-electron chi connectivity index (χ0n) is 33.5. The quantitative estimate of drug-likeness (QED) is 0.140. The molecule has 5 atom stereocenters. The molecular formula is C41H59N5O8S. The van der Waals surface area contributed by atoms with Gasteiger partial charge in [0.25, 0.3) is 6.01 Å². The standard InChI is InChI=1S/C41H59N5O8S/c1-10-13-16-22-45-30-18-15-14-17-29(30)42-36(45)53-28-23-31(46(26-28)34(48)33(38(4,5)6)43-37(50)54-39(7,8)9)32(47)25-41(24-27(41)12-3)35(49)44-55(51,52)40(19-11-2)20-21-40/h10-11,14-15,17-18,27-28,31,33H,1-2,12-13,16,19-26H2,3-9H3,(H,43,50)(H,44,49)/t27-,28-,31+,33-,41-/m1/s1. The summed E-state index contributed by atoms with van der Waals surface area (Å²) >= 11 is 0. The first-order valence-electron chi connectivity index (χ1n) is 19.4. The molecule has 2 aromatic rings. The normalized spacial score (nSPS) is 23.8. The highest BCUT2D eigenvalue weighted by Gasteiger charge is 2.63. The second-order valence-electron chi connectivity index (χ2n) is 17.6. The maximum absolute atomic E-state index is 14.6. The zero-order valence-corrected chi connectivity index (χ0v) is 34.3. The van der Waals surface area contributed by atoms with E-state index in [0.717, 1.165) is 23.9 Å². The number of nitrogens with one attached hydrogen (secondary N) is 2. The number of carbonyl (C=O) groups is 4. The molecule has 3 amide bonds. The van der Waals surface area contributed by atoms with Crippen molar-refractivity contribution in [1.82, 2.24) is 24.5 Å². The summed E-state index contributed by atoms with van der Waals surface area (Å²) < 4.78 is 42.2. The first-order chi connectivity index (χ1) is 25.7. The van der Waals surface area contributed by atoms with E-state index in [0.29, 0.717) is 38.2 Å². The molecule has 0 spiro atoms. The molecule has 0 bridgehead atoms. The van der Waals surface area contributed by atoms with Crippen molar-refractivity contribution in [3.05, 3.63) is 49.6 Å². The lowest BCUT2D eigenvalue weighted by molar-refractivity contribution is -0.142. The van der Waals surface area contributed by atoms with E-state index in [2.05, 4.69) is 23.2 Å². The smallest absolute Gasteiger partial charge is 0.408 e. The second kappa shape index (κ2) is 15.7. The Kier molecular flexibility index (Phi) is 12.0. The van der Waals surface area contributed by atoms with Gasteiger partial charge in [-0.2, -0.15) is 4.98 Å². The number of benzene rings is 1. The maximum Gasteiger partial charge on any atom is 0.408 e. The third-order valence-electron chi connectivity index (χ3n) is 11.2. The van der Waals surface area contributed by atoms with Crippen LogP contribution in [0.5, 0.6) is 6.01 Å². The number of allylic oxidation sites excluding steroid dienone is 2. The van der Waals surface area contributed by atoms with Gasteiger partial charge in [-0.1, -0.05) is 58.4 Å². The topological polar surface area (TPSA) is 166 Å². The van der Waals surface area contributed by atoms with Crippen molar-refractivity contribution in [2.75, 3.05) is 6.54 Å². The number of ether oxygens (including phenoxy) is 2. The molecule has 55 heavy (non-hydrogen) atoms. The molecule has 1 saturated heterocycles. The number of hydrogen-bond donors (Lipinski definition) is 2. The van der Waals surface area contributed by atoms with Crippen LogP contribution >= 0.6 is 0 Å². The molecule has 0 radical (unpaired) electrons. The number of unbranched alkanes of at least 4 members (excludes halogenated alkanes) is 1. The number of alkyl carbamates (subject to hydrolysis) is 1. The summed E-state index contributed by atoms with van der Waals surface area (Å²) in [6, 6.07) is 5.94. The molecule has 2 heterocycles. The number of ketones is 1. The highest BCUT2D eigenvalue weighted by Crippen LogP contribution is 2.58. The van der Waals surface area contributed by atoms with E-state index in [1.807, 2.05) is 62.6 Å². The highest BCUT2D eigenvalue weighted by molar-refractivity contribution is 7.91. The molecule has 2 saturated carbocycles. The Morgan fingerprint density at radius 3 is 2.35 bits per heavy atom. The average Bonchev–Trinajstić information content (AvgIpc) is 3.95. The summed E-state index contributed by atoms with van der Waals surface area (Å²) in [5.41, 5.74) is -1.20. The van der Waals surface area contributed by atoms with Crippen molar-refractivity contribution in [3.8, 4) is 6.01 Å². The molecule has 302 valence electrons. The molecular weight excluding hydrogens is 723 g/mol. The summed E-state index contributed by atoms with van der Waals surface area (Å²) in [6.45, 7) is 20.7. The van der Waals surface area contributed by atoms with Crippen molar-refractivity contribution in [2.24, 2.45) is 16.7 Å². The fraction of sp³-hybridized carbons (Fsp3) is 0.634. The third-order valence-corrected chi connectivity index (χ3v) is 13.3. The number of imidazole rings is 1. The first-order valence-corrected chi connectivity index (χ1v) is 20.9. The van der Waals surface area contributed by atoms with Gasteiger partial charge in [0.05, 0.1) is 33.8 Å². The minimum Gasteiger partial charge on any atom is -0.459 e. The molecule has 13 nitrogen and oxygen atoms in total. The van der Waals surface area contributed by atoms with E-state index in [-0.39, 0.29) is 37.5 Å². The number of aromatic nitrogens is 2. The molecule has 3 fully saturated rings. The molecule has 1 aliphatic heterocycles. The molecule has 1 aromatic carbocycles. The van der Waals surface area contributed by atoms with Crippen molar-refractivity contribution in [3.63, 3.8) is 0 Å². The fourth-order valence-corrected chi connectivity index (χ4v) is 9.45. The Bertz CT molecular complexity index is 1920. The van der Waals surface area contributed by atoms with Crippen LogP contribution in [0.2, 0.25) is 0 Å². The largest absolute Gasteiger partial charge is 0.459 e. The maximum atomic E-state index is 14.6. The van der Waals surface area contributed by atoms with Gasteiger partial charge in [-0.3, -0.25) is 23.7 Å². The van der Waals surface area contributed by atoms with Gasteiger partial charge in [0, 0.05) is 19.4 Å². The van der Waals surface area contributed by atoms with Gasteiger partial charge in [-0.15, -0.1) is 13.2 Å². The molecule has 3 aliphatic rings. The third kappa shape index (κ3) is 9.10. The summed E-state index contributed by atoms with van der Waals surface area (Å²) in [4.78, 5) is 62.4. The zero-order chi connectivity index (χ0) is 40.6. The number of rotatable bonds is 17. The number of likely N-dealkylation sites (tertiary alicyclic amines) is 1. The number of Topliss-reactive ketones (excluding diaryl/α,β-unsaturated/α-hetero) is 1. The van der Waals surface area contributed by atoms with Crippen LogP contribution in [-0.4, -0.2) is 81.6 Å². The van der Waals surface area contributed by atoms with Crippen molar-refractivity contribution >= 4 is 44.7 Å². The Hall–Kier alpha value is -4.20. The van der Waals surface area contributed by atoms with Gasteiger partial charge < -0.3 is 19.7 Å². The summed E-state index contributed by atoms with van der Waals surface area (Å²) in [5.74, 6) is -1.75. The lowest BCUT2D eigenvalue weighted by Crippen LogP contribution is -2.57. The van der Waals surface area contributed by atoms with Crippen LogP contribution in [-0.2, 0) is 35.7 Å². The predicted octanol–water partition coefficient (Wildman–Crippen LogP) is 6.22. The van der Waals surface area contributed by atoms with Crippen molar-refractivity contribution in [2.45, 2.75) is 141 Å². The van der Waals surface area contributed by atoms with E-state index in [1.54, 1.807) is 26.8 Å².